The molecule has 2 rings (SSSR count). The summed E-state index contributed by atoms with van der Waals surface area (Å²) in [6.07, 6.45) is 4.57. The maximum atomic E-state index is 11.8. The van der Waals surface area contributed by atoms with Gasteiger partial charge in [-0.15, -0.1) is 0 Å². The highest BCUT2D eigenvalue weighted by molar-refractivity contribution is 5.88. The second kappa shape index (κ2) is 10.6. The lowest BCUT2D eigenvalue weighted by Crippen LogP contribution is -2.06. The maximum Gasteiger partial charge on any atom is 0.306 e. The number of carbonyl (C=O) groups excluding carboxylic acids is 2. The van der Waals surface area contributed by atoms with Gasteiger partial charge in [0.1, 0.15) is 13.2 Å². The maximum absolute atomic E-state index is 11.8. The molecule has 0 saturated carbocycles. The van der Waals surface area contributed by atoms with Crippen LogP contribution in [-0.2, 0) is 32.3 Å². The molecule has 0 bridgehead atoms. The summed E-state index contributed by atoms with van der Waals surface area (Å²) in [5.41, 5.74) is 1.93. The molecule has 140 valence electrons. The second-order valence-electron chi connectivity index (χ2n) is 6.46. The van der Waals surface area contributed by atoms with Gasteiger partial charge < -0.3 is 9.47 Å². The fourth-order valence-corrected chi connectivity index (χ4v) is 2.79. The average molecular weight is 356 g/mol. The molecule has 0 spiro atoms. The normalized spacial score (nSPS) is 10.7. The van der Waals surface area contributed by atoms with Crippen LogP contribution in [0.15, 0.2) is 36.4 Å². The van der Waals surface area contributed by atoms with Crippen molar-refractivity contribution < 1.29 is 19.1 Å². The van der Waals surface area contributed by atoms with Crippen molar-refractivity contribution in [3.63, 3.8) is 0 Å². The summed E-state index contributed by atoms with van der Waals surface area (Å²) in [6.45, 7) is 4.63. The van der Waals surface area contributed by atoms with Gasteiger partial charge in [-0.1, -0.05) is 63.1 Å². The Hall–Kier alpha value is -2.36. The van der Waals surface area contributed by atoms with Crippen molar-refractivity contribution in [2.75, 3.05) is 0 Å². The Morgan fingerprint density at radius 3 is 1.54 bits per heavy atom. The molecule has 0 radical (unpaired) electrons. The largest absolute Gasteiger partial charge is 0.461 e. The van der Waals surface area contributed by atoms with Crippen LogP contribution in [0.2, 0.25) is 0 Å². The number of hydrogen-bond donors (Lipinski definition) is 0. The highest BCUT2D eigenvalue weighted by Gasteiger charge is 2.09. The van der Waals surface area contributed by atoms with Gasteiger partial charge in [0.2, 0.25) is 0 Å². The number of esters is 2. The van der Waals surface area contributed by atoms with Crippen LogP contribution in [0.25, 0.3) is 10.8 Å². The van der Waals surface area contributed by atoms with Crippen molar-refractivity contribution in [3.8, 4) is 0 Å². The van der Waals surface area contributed by atoms with Crippen LogP contribution in [0.1, 0.15) is 63.5 Å². The second-order valence-corrected chi connectivity index (χ2v) is 6.46. The zero-order chi connectivity index (χ0) is 18.8. The summed E-state index contributed by atoms with van der Waals surface area (Å²) in [5, 5.41) is 2.05. The van der Waals surface area contributed by atoms with Gasteiger partial charge in [0.05, 0.1) is 0 Å². The lowest BCUT2D eigenvalue weighted by molar-refractivity contribution is -0.146. The third kappa shape index (κ3) is 5.87. The molecule has 0 aliphatic rings. The Balaban J connectivity index is 2.07. The van der Waals surface area contributed by atoms with Crippen molar-refractivity contribution >= 4 is 22.7 Å². The fraction of sp³-hybridized carbons (Fsp3) is 0.455. The summed E-state index contributed by atoms with van der Waals surface area (Å²) < 4.78 is 10.8. The third-order valence-corrected chi connectivity index (χ3v) is 4.35. The Bertz CT molecular complexity index is 673. The summed E-state index contributed by atoms with van der Waals surface area (Å²) in [7, 11) is 0. The first kappa shape index (κ1) is 20.0. The van der Waals surface area contributed by atoms with Gasteiger partial charge in [0.25, 0.3) is 0 Å². The zero-order valence-corrected chi connectivity index (χ0v) is 15.8. The molecule has 2 aromatic carbocycles. The van der Waals surface area contributed by atoms with Crippen LogP contribution in [0.3, 0.4) is 0 Å². The average Bonchev–Trinajstić information content (AvgIpc) is 2.67. The Labute approximate surface area is 155 Å². The summed E-state index contributed by atoms with van der Waals surface area (Å²) >= 11 is 0. The molecular formula is C22H28O4. The number of rotatable bonds is 10. The summed E-state index contributed by atoms with van der Waals surface area (Å²) in [6, 6.07) is 11.8. The van der Waals surface area contributed by atoms with E-state index in [1.54, 1.807) is 0 Å². The van der Waals surface area contributed by atoms with Crippen molar-refractivity contribution in [2.24, 2.45) is 0 Å². The molecule has 0 aliphatic heterocycles. The molecule has 0 saturated heterocycles. The Morgan fingerprint density at radius 1 is 0.731 bits per heavy atom. The predicted octanol–water partition coefficient (Wildman–Crippen LogP) is 5.31. The van der Waals surface area contributed by atoms with Crippen LogP contribution >= 0.6 is 0 Å². The van der Waals surface area contributed by atoms with E-state index >= 15 is 0 Å². The van der Waals surface area contributed by atoms with Gasteiger partial charge in [0.15, 0.2) is 0 Å². The van der Waals surface area contributed by atoms with Crippen molar-refractivity contribution in [1.29, 1.82) is 0 Å². The van der Waals surface area contributed by atoms with Gasteiger partial charge in [-0.2, -0.15) is 0 Å². The molecule has 0 heterocycles. The lowest BCUT2D eigenvalue weighted by atomic mass is 10.0. The smallest absolute Gasteiger partial charge is 0.306 e. The van der Waals surface area contributed by atoms with Crippen molar-refractivity contribution in [2.45, 2.75) is 65.6 Å². The van der Waals surface area contributed by atoms with E-state index in [9.17, 15) is 9.59 Å². The van der Waals surface area contributed by atoms with Gasteiger partial charge in [-0.3, -0.25) is 9.59 Å². The predicted molar refractivity (Wildman–Crippen MR) is 103 cm³/mol. The molecule has 2 aromatic rings. The van der Waals surface area contributed by atoms with E-state index in [2.05, 4.69) is 13.8 Å². The number of benzene rings is 2. The quantitative estimate of drug-likeness (QED) is 0.542. The molecule has 0 unspecified atom stereocenters. The van der Waals surface area contributed by atoms with Crippen LogP contribution in [0.4, 0.5) is 0 Å². The standard InChI is InChI=1S/C22H28O4/c1-3-5-13-21(23)25-15-17-9-7-12-20-18(10-8-11-19(17)20)16-26-22(24)14-6-4-2/h7-12H,3-6,13-16H2,1-2H3. The minimum Gasteiger partial charge on any atom is -0.461 e. The zero-order valence-electron chi connectivity index (χ0n) is 15.8. The lowest BCUT2D eigenvalue weighted by Gasteiger charge is -2.12. The van der Waals surface area contributed by atoms with Gasteiger partial charge in [-0.25, -0.2) is 0 Å². The van der Waals surface area contributed by atoms with Crippen LogP contribution < -0.4 is 0 Å². The molecule has 4 heteroatoms. The number of carbonyl (C=O) groups is 2. The molecule has 4 nitrogen and oxygen atoms in total. The molecule has 26 heavy (non-hydrogen) atoms. The van der Waals surface area contributed by atoms with E-state index in [1.807, 2.05) is 36.4 Å². The van der Waals surface area contributed by atoms with Gasteiger partial charge >= 0.3 is 11.9 Å². The monoisotopic (exact) mass is 356 g/mol. The highest BCUT2D eigenvalue weighted by atomic mass is 16.5. The van der Waals surface area contributed by atoms with Gasteiger partial charge in [0, 0.05) is 12.8 Å². The van der Waals surface area contributed by atoms with E-state index in [0.29, 0.717) is 12.8 Å². The molecule has 0 aromatic heterocycles. The first-order chi connectivity index (χ1) is 12.7. The first-order valence-electron chi connectivity index (χ1n) is 9.46. The summed E-state index contributed by atoms with van der Waals surface area (Å²) in [4.78, 5) is 23.5. The Kier molecular flexibility index (Phi) is 8.13. The molecule has 0 aliphatic carbocycles. The number of unbranched alkanes of at least 4 members (excludes halogenated alkanes) is 2. The summed E-state index contributed by atoms with van der Waals surface area (Å²) in [5.74, 6) is -0.324. The Morgan fingerprint density at radius 2 is 1.15 bits per heavy atom. The van der Waals surface area contributed by atoms with E-state index in [0.717, 1.165) is 47.6 Å². The van der Waals surface area contributed by atoms with E-state index in [1.165, 1.54) is 0 Å². The number of hydrogen-bond acceptors (Lipinski definition) is 4. The number of fused-ring (bicyclic) bond motifs is 1. The SMILES string of the molecule is CCCCC(=O)OCc1cccc2c(COC(=O)CCCC)cccc12. The van der Waals surface area contributed by atoms with E-state index < -0.39 is 0 Å². The van der Waals surface area contributed by atoms with Gasteiger partial charge in [-0.05, 0) is 34.7 Å². The molecule has 0 N–H and O–H groups in total. The van der Waals surface area contributed by atoms with Crippen LogP contribution in [-0.4, -0.2) is 11.9 Å². The van der Waals surface area contributed by atoms with Crippen LogP contribution in [0.5, 0.6) is 0 Å². The van der Waals surface area contributed by atoms with E-state index in [-0.39, 0.29) is 25.2 Å². The minimum atomic E-state index is -0.162. The highest BCUT2D eigenvalue weighted by Crippen LogP contribution is 2.24. The number of ether oxygens (including phenoxy) is 2. The topological polar surface area (TPSA) is 52.6 Å². The minimum absolute atomic E-state index is 0.162. The fourth-order valence-electron chi connectivity index (χ4n) is 2.79. The van der Waals surface area contributed by atoms with Crippen molar-refractivity contribution in [3.05, 3.63) is 47.5 Å². The third-order valence-electron chi connectivity index (χ3n) is 4.35. The molecule has 0 atom stereocenters. The first-order valence-corrected chi connectivity index (χ1v) is 9.46. The van der Waals surface area contributed by atoms with E-state index in [4.69, 9.17) is 9.47 Å². The van der Waals surface area contributed by atoms with Crippen molar-refractivity contribution in [1.82, 2.24) is 0 Å². The van der Waals surface area contributed by atoms with Crippen LogP contribution in [0, 0.1) is 0 Å². The molecule has 0 amide bonds. The molecular weight excluding hydrogens is 328 g/mol. The molecule has 0 fully saturated rings.